The summed E-state index contributed by atoms with van der Waals surface area (Å²) in [7, 11) is -5.52. The third-order valence-corrected chi connectivity index (χ3v) is 3.60. The van der Waals surface area contributed by atoms with Crippen LogP contribution in [0, 0.1) is 0 Å². The Morgan fingerprint density at radius 3 is 2.05 bits per heavy atom. The van der Waals surface area contributed by atoms with E-state index in [9.17, 15) is 13.2 Å². The molecule has 1 rings (SSSR count). The van der Waals surface area contributed by atoms with Crippen molar-refractivity contribution in [2.24, 2.45) is 5.73 Å². The maximum Gasteiger partial charge on any atom is 0.306 e. The Balaban J connectivity index is 2.97. The van der Waals surface area contributed by atoms with E-state index in [1.807, 2.05) is 19.6 Å². The Morgan fingerprint density at radius 2 is 1.70 bits per heavy atom. The summed E-state index contributed by atoms with van der Waals surface area (Å²) in [5.41, 5.74) is 5.92. The minimum atomic E-state index is -3.57. The fraction of sp³-hybridized carbons (Fsp3) is 0.417. The van der Waals surface area contributed by atoms with Crippen molar-refractivity contribution < 1.29 is 21.8 Å². The van der Waals surface area contributed by atoms with E-state index in [2.05, 4.69) is 0 Å². The second-order valence-electron chi connectivity index (χ2n) is 5.37. The summed E-state index contributed by atoms with van der Waals surface area (Å²) in [6.07, 6.45) is 0.121. The van der Waals surface area contributed by atoms with Crippen LogP contribution >= 0.6 is 0 Å². The summed E-state index contributed by atoms with van der Waals surface area (Å²) in [5.74, 6) is -0.406. The van der Waals surface area contributed by atoms with E-state index in [0.717, 1.165) is 6.26 Å². The van der Waals surface area contributed by atoms with Gasteiger partial charge in [-0.05, 0) is 37.3 Å². The normalized spacial score (nSPS) is 13.8. The van der Waals surface area contributed by atoms with Crippen LogP contribution in [0.5, 0.6) is 5.75 Å². The highest BCUT2D eigenvalue weighted by molar-refractivity contribution is 7.86. The standard InChI is InChI=1S/C12H19NO5SSi/c1-19(15,16)17-10-7-5-9(6-8-10)11(12(13)14)18-20(2,3)4/h5-8,11H,1-4H3,(H2,13,14). The molecule has 0 aliphatic carbocycles. The first-order valence-corrected chi connectivity index (χ1v) is 11.2. The molecule has 112 valence electrons. The molecule has 0 aliphatic rings. The summed E-state index contributed by atoms with van der Waals surface area (Å²) in [6, 6.07) is 6.05. The van der Waals surface area contributed by atoms with Crippen molar-refractivity contribution >= 4 is 24.3 Å². The Kier molecular flexibility index (Phi) is 4.95. The smallest absolute Gasteiger partial charge is 0.306 e. The summed E-state index contributed by atoms with van der Waals surface area (Å²) < 4.78 is 32.5. The molecule has 0 heterocycles. The van der Waals surface area contributed by atoms with Crippen molar-refractivity contribution in [3.05, 3.63) is 29.8 Å². The molecule has 0 saturated heterocycles. The number of hydrogen-bond donors (Lipinski definition) is 1. The van der Waals surface area contributed by atoms with Gasteiger partial charge in [0.25, 0.3) is 0 Å². The monoisotopic (exact) mass is 317 g/mol. The van der Waals surface area contributed by atoms with Gasteiger partial charge in [-0.2, -0.15) is 8.42 Å². The largest absolute Gasteiger partial charge is 0.402 e. The Hall–Kier alpha value is -1.38. The molecule has 20 heavy (non-hydrogen) atoms. The molecule has 0 bridgehead atoms. The van der Waals surface area contributed by atoms with Crippen molar-refractivity contribution in [1.29, 1.82) is 0 Å². The van der Waals surface area contributed by atoms with Crippen LogP contribution in [0.3, 0.4) is 0 Å². The molecule has 1 amide bonds. The van der Waals surface area contributed by atoms with Gasteiger partial charge in [-0.25, -0.2) is 0 Å². The lowest BCUT2D eigenvalue weighted by Gasteiger charge is -2.24. The Bertz CT molecular complexity index is 577. The van der Waals surface area contributed by atoms with Gasteiger partial charge in [-0.3, -0.25) is 4.79 Å². The molecule has 0 aromatic heterocycles. The first kappa shape index (κ1) is 16.7. The molecule has 1 aromatic carbocycles. The number of carbonyl (C=O) groups is 1. The molecule has 8 heteroatoms. The van der Waals surface area contributed by atoms with Crippen LogP contribution in [-0.2, 0) is 19.3 Å². The van der Waals surface area contributed by atoms with Crippen LogP contribution in [-0.4, -0.2) is 28.9 Å². The van der Waals surface area contributed by atoms with Gasteiger partial charge in [0.1, 0.15) is 11.9 Å². The molecule has 0 spiro atoms. The minimum Gasteiger partial charge on any atom is -0.402 e. The molecule has 0 fully saturated rings. The summed E-state index contributed by atoms with van der Waals surface area (Å²) in [4.78, 5) is 11.5. The van der Waals surface area contributed by atoms with Crippen LogP contribution < -0.4 is 9.92 Å². The summed E-state index contributed by atoms with van der Waals surface area (Å²) in [5, 5.41) is 0. The van der Waals surface area contributed by atoms with Crippen LogP contribution in [0.2, 0.25) is 19.6 Å². The average molecular weight is 317 g/mol. The Labute approximate surface area is 120 Å². The van der Waals surface area contributed by atoms with Gasteiger partial charge in [0.05, 0.1) is 6.26 Å². The van der Waals surface area contributed by atoms with Gasteiger partial charge in [-0.1, -0.05) is 12.1 Å². The molecule has 6 nitrogen and oxygen atoms in total. The maximum atomic E-state index is 11.5. The fourth-order valence-electron chi connectivity index (χ4n) is 1.52. The van der Waals surface area contributed by atoms with Crippen molar-refractivity contribution in [3.8, 4) is 5.75 Å². The first-order chi connectivity index (χ1) is 8.98. The van der Waals surface area contributed by atoms with Crippen molar-refractivity contribution in [1.82, 2.24) is 0 Å². The molecule has 0 aliphatic heterocycles. The molecule has 2 N–H and O–H groups in total. The van der Waals surface area contributed by atoms with Gasteiger partial charge >= 0.3 is 10.1 Å². The van der Waals surface area contributed by atoms with Crippen LogP contribution in [0.15, 0.2) is 24.3 Å². The van der Waals surface area contributed by atoms with Crippen molar-refractivity contribution in [2.75, 3.05) is 6.26 Å². The second kappa shape index (κ2) is 5.94. The van der Waals surface area contributed by atoms with E-state index in [1.165, 1.54) is 12.1 Å². The van der Waals surface area contributed by atoms with Gasteiger partial charge in [0, 0.05) is 0 Å². The zero-order chi connectivity index (χ0) is 15.6. The van der Waals surface area contributed by atoms with E-state index in [4.69, 9.17) is 14.3 Å². The molecule has 0 saturated carbocycles. The zero-order valence-electron chi connectivity index (χ0n) is 11.9. The van der Waals surface area contributed by atoms with Gasteiger partial charge < -0.3 is 14.3 Å². The lowest BCUT2D eigenvalue weighted by Crippen LogP contribution is -2.34. The molecule has 1 atom stereocenters. The summed E-state index contributed by atoms with van der Waals surface area (Å²) >= 11 is 0. The lowest BCUT2D eigenvalue weighted by molar-refractivity contribution is -0.125. The summed E-state index contributed by atoms with van der Waals surface area (Å²) in [6.45, 7) is 5.85. The lowest BCUT2D eigenvalue weighted by atomic mass is 10.1. The highest BCUT2D eigenvalue weighted by Crippen LogP contribution is 2.24. The number of nitrogens with two attached hydrogens (primary N) is 1. The number of carbonyl (C=O) groups excluding carboxylic acids is 1. The predicted octanol–water partition coefficient (Wildman–Crippen LogP) is 1.40. The van der Waals surface area contributed by atoms with Gasteiger partial charge in [0.2, 0.25) is 5.91 Å². The third-order valence-electron chi connectivity index (χ3n) is 2.16. The predicted molar refractivity (Wildman–Crippen MR) is 78.3 cm³/mol. The molecule has 1 unspecified atom stereocenters. The highest BCUT2D eigenvalue weighted by atomic mass is 32.2. The van der Waals surface area contributed by atoms with Crippen molar-refractivity contribution in [2.45, 2.75) is 25.7 Å². The van der Waals surface area contributed by atoms with E-state index < -0.39 is 30.4 Å². The quantitative estimate of drug-likeness (QED) is 0.632. The molecule has 1 aromatic rings. The highest BCUT2D eigenvalue weighted by Gasteiger charge is 2.26. The zero-order valence-corrected chi connectivity index (χ0v) is 13.7. The van der Waals surface area contributed by atoms with Crippen LogP contribution in [0.25, 0.3) is 0 Å². The van der Waals surface area contributed by atoms with E-state index in [-0.39, 0.29) is 5.75 Å². The van der Waals surface area contributed by atoms with Gasteiger partial charge in [-0.15, -0.1) is 0 Å². The third kappa shape index (κ3) is 5.72. The molecular weight excluding hydrogens is 298 g/mol. The van der Waals surface area contributed by atoms with Gasteiger partial charge in [0.15, 0.2) is 8.32 Å². The first-order valence-electron chi connectivity index (χ1n) is 5.94. The number of amides is 1. The van der Waals surface area contributed by atoms with Crippen molar-refractivity contribution in [3.63, 3.8) is 0 Å². The fourth-order valence-corrected chi connectivity index (χ4v) is 2.94. The maximum absolute atomic E-state index is 11.5. The average Bonchev–Trinajstić information content (AvgIpc) is 2.23. The number of hydrogen-bond acceptors (Lipinski definition) is 5. The number of benzene rings is 1. The Morgan fingerprint density at radius 1 is 1.20 bits per heavy atom. The molecule has 0 radical (unpaired) electrons. The molecular formula is C12H19NO5SSi. The second-order valence-corrected chi connectivity index (χ2v) is 11.4. The van der Waals surface area contributed by atoms with Crippen LogP contribution in [0.4, 0.5) is 0 Å². The number of primary amides is 1. The topological polar surface area (TPSA) is 95.7 Å². The SMILES string of the molecule is C[Si](C)(C)OC(C(N)=O)c1ccc(OS(C)(=O)=O)cc1. The van der Waals surface area contributed by atoms with E-state index in [1.54, 1.807) is 12.1 Å². The van der Waals surface area contributed by atoms with E-state index in [0.29, 0.717) is 5.56 Å². The van der Waals surface area contributed by atoms with E-state index >= 15 is 0 Å². The van der Waals surface area contributed by atoms with Crippen LogP contribution in [0.1, 0.15) is 11.7 Å². The number of rotatable bonds is 6. The minimum absolute atomic E-state index is 0.174.